The molecule has 0 aliphatic rings. The Labute approximate surface area is 148 Å². The highest BCUT2D eigenvalue weighted by Crippen LogP contribution is 2.28. The van der Waals surface area contributed by atoms with Crippen LogP contribution in [0.5, 0.6) is 5.75 Å². The van der Waals surface area contributed by atoms with Crippen molar-refractivity contribution in [3.05, 3.63) is 72.3 Å². The Kier molecular flexibility index (Phi) is 5.98. The fourth-order valence-electron chi connectivity index (χ4n) is 2.26. The molecule has 2 rings (SSSR count). The lowest BCUT2D eigenvalue weighted by Gasteiger charge is -2.14. The molecule has 1 amide bonds. The van der Waals surface area contributed by atoms with Gasteiger partial charge in [-0.25, -0.2) is 0 Å². The molecule has 5 nitrogen and oxygen atoms in total. The molecule has 0 unspecified atom stereocenters. The lowest BCUT2D eigenvalue weighted by Crippen LogP contribution is -2.23. The third-order valence-corrected chi connectivity index (χ3v) is 4.76. The van der Waals surface area contributed by atoms with Crippen LogP contribution in [0.25, 0.3) is 0 Å². The van der Waals surface area contributed by atoms with Crippen LogP contribution in [0, 0.1) is 0 Å². The third-order valence-electron chi connectivity index (χ3n) is 3.53. The number of hydrogen-bond acceptors (Lipinski definition) is 4. The first-order chi connectivity index (χ1) is 11.8. The van der Waals surface area contributed by atoms with Crippen LogP contribution in [0.2, 0.25) is 0 Å². The second kappa shape index (κ2) is 7.98. The van der Waals surface area contributed by atoms with E-state index in [1.165, 1.54) is 18.2 Å². The van der Waals surface area contributed by atoms with Crippen LogP contribution in [0.15, 0.2) is 66.1 Å². The van der Waals surface area contributed by atoms with Crippen LogP contribution in [0.4, 0.5) is 0 Å². The normalized spacial score (nSPS) is 11.2. The molecule has 2 aromatic carbocycles. The summed E-state index contributed by atoms with van der Waals surface area (Å²) in [6.07, 6.45) is 1.55. The zero-order chi connectivity index (χ0) is 18.4. The molecule has 0 radical (unpaired) electrons. The number of carbonyl (C=O) groups excluding carboxylic acids is 1. The molecule has 25 heavy (non-hydrogen) atoms. The van der Waals surface area contributed by atoms with Crippen molar-refractivity contribution in [1.82, 2.24) is 5.32 Å². The Hall–Kier alpha value is -2.60. The van der Waals surface area contributed by atoms with Gasteiger partial charge in [0.05, 0.1) is 0 Å². The van der Waals surface area contributed by atoms with Gasteiger partial charge in [0, 0.05) is 12.1 Å². The number of para-hydroxylation sites is 1. The van der Waals surface area contributed by atoms with Gasteiger partial charge < -0.3 is 9.50 Å². The maximum absolute atomic E-state index is 12.6. The van der Waals surface area contributed by atoms with Crippen molar-refractivity contribution in [2.75, 3.05) is 6.54 Å². The molecule has 0 saturated heterocycles. The number of hydrogen-bond donors (Lipinski definition) is 1. The van der Waals surface area contributed by atoms with Crippen molar-refractivity contribution in [3.63, 3.8) is 0 Å². The topological polar surface area (TPSA) is 72.5 Å². The minimum absolute atomic E-state index is 0.0719. The van der Waals surface area contributed by atoms with Crippen LogP contribution in [-0.2, 0) is 10.1 Å². The minimum atomic E-state index is -4.05. The van der Waals surface area contributed by atoms with Gasteiger partial charge in [-0.1, -0.05) is 44.2 Å². The van der Waals surface area contributed by atoms with Crippen molar-refractivity contribution in [2.24, 2.45) is 0 Å². The molecule has 6 heteroatoms. The van der Waals surface area contributed by atoms with E-state index in [-0.39, 0.29) is 22.3 Å². The molecule has 0 aliphatic carbocycles. The van der Waals surface area contributed by atoms with Gasteiger partial charge in [0.25, 0.3) is 5.91 Å². The van der Waals surface area contributed by atoms with Gasteiger partial charge in [0.15, 0.2) is 0 Å². The maximum Gasteiger partial charge on any atom is 0.339 e. The van der Waals surface area contributed by atoms with E-state index >= 15 is 0 Å². The van der Waals surface area contributed by atoms with Crippen LogP contribution >= 0.6 is 0 Å². The number of rotatable bonds is 7. The molecule has 0 heterocycles. The van der Waals surface area contributed by atoms with E-state index in [9.17, 15) is 13.2 Å². The second-order valence-corrected chi connectivity index (χ2v) is 7.30. The summed E-state index contributed by atoms with van der Waals surface area (Å²) in [7, 11) is -4.05. The fraction of sp³-hybridized carbons (Fsp3) is 0.211. The maximum atomic E-state index is 12.6. The predicted molar refractivity (Wildman–Crippen MR) is 97.3 cm³/mol. The Morgan fingerprint density at radius 2 is 1.92 bits per heavy atom. The van der Waals surface area contributed by atoms with Gasteiger partial charge in [-0.3, -0.25) is 4.79 Å². The molecular weight excluding hydrogens is 338 g/mol. The molecule has 0 aliphatic heterocycles. The van der Waals surface area contributed by atoms with Crippen LogP contribution in [0.1, 0.15) is 35.7 Å². The zero-order valence-electron chi connectivity index (χ0n) is 14.2. The number of amides is 1. The Morgan fingerprint density at radius 1 is 1.20 bits per heavy atom. The summed E-state index contributed by atoms with van der Waals surface area (Å²) < 4.78 is 30.5. The summed E-state index contributed by atoms with van der Waals surface area (Å²) in [5.41, 5.74) is 1.04. The van der Waals surface area contributed by atoms with Crippen molar-refractivity contribution in [3.8, 4) is 5.75 Å². The fourth-order valence-corrected chi connectivity index (χ4v) is 3.26. The molecule has 0 aromatic heterocycles. The molecule has 0 bridgehead atoms. The molecule has 0 fully saturated rings. The standard InChI is InChI=1S/C19H21NO4S/c1-4-12-20-19(21)15-8-7-9-16(13-15)25(22,23)24-18-11-6-5-10-17(18)14(2)3/h4-11,13-14H,1,12H2,2-3H3,(H,20,21). The van der Waals surface area contributed by atoms with Crippen molar-refractivity contribution >= 4 is 16.0 Å². The summed E-state index contributed by atoms with van der Waals surface area (Å²) in [4.78, 5) is 11.9. The highest BCUT2D eigenvalue weighted by atomic mass is 32.2. The van der Waals surface area contributed by atoms with Gasteiger partial charge in [0.1, 0.15) is 10.6 Å². The highest BCUT2D eigenvalue weighted by molar-refractivity contribution is 7.87. The number of benzene rings is 2. The van der Waals surface area contributed by atoms with E-state index in [0.717, 1.165) is 5.56 Å². The average molecular weight is 359 g/mol. The zero-order valence-corrected chi connectivity index (χ0v) is 15.0. The lowest BCUT2D eigenvalue weighted by molar-refractivity contribution is 0.0958. The summed E-state index contributed by atoms with van der Waals surface area (Å²) in [5.74, 6) is 0.0287. The van der Waals surface area contributed by atoms with Gasteiger partial charge >= 0.3 is 10.1 Å². The predicted octanol–water partition coefficient (Wildman–Crippen LogP) is 3.49. The average Bonchev–Trinajstić information content (AvgIpc) is 2.59. The Bertz CT molecular complexity index is 872. The van der Waals surface area contributed by atoms with Crippen molar-refractivity contribution in [1.29, 1.82) is 0 Å². The largest absolute Gasteiger partial charge is 0.379 e. The number of nitrogens with one attached hydrogen (secondary N) is 1. The quantitative estimate of drug-likeness (QED) is 0.607. The first-order valence-corrected chi connectivity index (χ1v) is 9.28. The smallest absolute Gasteiger partial charge is 0.339 e. The highest BCUT2D eigenvalue weighted by Gasteiger charge is 2.20. The molecule has 132 valence electrons. The van der Waals surface area contributed by atoms with Gasteiger partial charge in [0.2, 0.25) is 0 Å². The first kappa shape index (κ1) is 18.7. The van der Waals surface area contributed by atoms with E-state index in [2.05, 4.69) is 11.9 Å². The van der Waals surface area contributed by atoms with Crippen molar-refractivity contribution < 1.29 is 17.4 Å². The summed E-state index contributed by atoms with van der Waals surface area (Å²) in [6, 6.07) is 12.7. The van der Waals surface area contributed by atoms with Crippen LogP contribution in [0.3, 0.4) is 0 Å². The summed E-state index contributed by atoms with van der Waals surface area (Å²) in [5, 5.41) is 2.61. The van der Waals surface area contributed by atoms with E-state index < -0.39 is 10.1 Å². The summed E-state index contributed by atoms with van der Waals surface area (Å²) in [6.45, 7) is 7.74. The van der Waals surface area contributed by atoms with Gasteiger partial charge in [-0.05, 0) is 35.7 Å². The molecule has 0 atom stereocenters. The van der Waals surface area contributed by atoms with Crippen LogP contribution < -0.4 is 9.50 Å². The molecule has 0 spiro atoms. The first-order valence-electron chi connectivity index (χ1n) is 7.87. The van der Waals surface area contributed by atoms with E-state index in [4.69, 9.17) is 4.18 Å². The van der Waals surface area contributed by atoms with Crippen LogP contribution in [-0.4, -0.2) is 20.9 Å². The molecular formula is C19H21NO4S. The lowest BCUT2D eigenvalue weighted by atomic mass is 10.0. The minimum Gasteiger partial charge on any atom is -0.379 e. The Balaban J connectivity index is 2.32. The molecule has 1 N–H and O–H groups in total. The second-order valence-electron chi connectivity index (χ2n) is 5.76. The third kappa shape index (κ3) is 4.70. The molecule has 0 saturated carbocycles. The van der Waals surface area contributed by atoms with Gasteiger partial charge in [-0.15, -0.1) is 6.58 Å². The van der Waals surface area contributed by atoms with E-state index in [1.807, 2.05) is 26.0 Å². The monoisotopic (exact) mass is 359 g/mol. The van der Waals surface area contributed by atoms with Gasteiger partial charge in [-0.2, -0.15) is 8.42 Å². The molecule has 2 aromatic rings. The number of carbonyl (C=O) groups is 1. The van der Waals surface area contributed by atoms with Crippen molar-refractivity contribution in [2.45, 2.75) is 24.7 Å². The SMILES string of the molecule is C=CCNC(=O)c1cccc(S(=O)(=O)Oc2ccccc2C(C)C)c1. The Morgan fingerprint density at radius 3 is 2.60 bits per heavy atom. The summed E-state index contributed by atoms with van der Waals surface area (Å²) >= 11 is 0. The van der Waals surface area contributed by atoms with E-state index in [1.54, 1.807) is 24.3 Å². The van der Waals surface area contributed by atoms with E-state index in [0.29, 0.717) is 12.3 Å².